The standard InChI is InChI=1S/C17H20N2O3/c1-12-4-5-15(21-2)14(8-12)10-16(20)19-11-13-6-7-18-17(9-13)22-3/h4-9H,10-11H2,1-3H3,(H,19,20). The van der Waals surface area contributed by atoms with Gasteiger partial charge in [-0.1, -0.05) is 17.7 Å². The highest BCUT2D eigenvalue weighted by Gasteiger charge is 2.09. The number of nitrogens with one attached hydrogen (secondary N) is 1. The van der Waals surface area contributed by atoms with Gasteiger partial charge >= 0.3 is 0 Å². The van der Waals surface area contributed by atoms with Crippen molar-refractivity contribution in [3.8, 4) is 11.6 Å². The van der Waals surface area contributed by atoms with Crippen molar-refractivity contribution in [1.82, 2.24) is 10.3 Å². The first-order valence-corrected chi connectivity index (χ1v) is 7.01. The van der Waals surface area contributed by atoms with Gasteiger partial charge in [-0.2, -0.15) is 0 Å². The maximum atomic E-state index is 12.1. The highest BCUT2D eigenvalue weighted by molar-refractivity contribution is 5.79. The molecule has 5 nitrogen and oxygen atoms in total. The van der Waals surface area contributed by atoms with Gasteiger partial charge in [0.25, 0.3) is 0 Å². The van der Waals surface area contributed by atoms with Crippen molar-refractivity contribution < 1.29 is 14.3 Å². The molecular formula is C17H20N2O3. The Hall–Kier alpha value is -2.56. The van der Waals surface area contributed by atoms with E-state index in [9.17, 15) is 4.79 Å². The van der Waals surface area contributed by atoms with E-state index in [0.717, 1.165) is 22.4 Å². The van der Waals surface area contributed by atoms with E-state index in [2.05, 4.69) is 10.3 Å². The van der Waals surface area contributed by atoms with Crippen LogP contribution in [-0.2, 0) is 17.8 Å². The number of pyridine rings is 1. The third-order valence-corrected chi connectivity index (χ3v) is 3.28. The largest absolute Gasteiger partial charge is 0.496 e. The number of nitrogens with zero attached hydrogens (tertiary/aromatic N) is 1. The molecule has 0 unspecified atom stereocenters. The van der Waals surface area contributed by atoms with Gasteiger partial charge in [0.1, 0.15) is 5.75 Å². The number of methoxy groups -OCH3 is 2. The molecule has 116 valence electrons. The second-order valence-electron chi connectivity index (χ2n) is 4.98. The lowest BCUT2D eigenvalue weighted by molar-refractivity contribution is -0.120. The summed E-state index contributed by atoms with van der Waals surface area (Å²) in [6.07, 6.45) is 1.94. The number of hydrogen-bond acceptors (Lipinski definition) is 4. The molecule has 1 aromatic carbocycles. The summed E-state index contributed by atoms with van der Waals surface area (Å²) in [4.78, 5) is 16.1. The topological polar surface area (TPSA) is 60.5 Å². The second-order valence-corrected chi connectivity index (χ2v) is 4.98. The Morgan fingerprint density at radius 2 is 2.00 bits per heavy atom. The molecule has 2 rings (SSSR count). The van der Waals surface area contributed by atoms with Crippen molar-refractivity contribution in [3.63, 3.8) is 0 Å². The van der Waals surface area contributed by atoms with E-state index in [1.807, 2.05) is 31.2 Å². The maximum absolute atomic E-state index is 12.1. The molecule has 0 radical (unpaired) electrons. The normalized spacial score (nSPS) is 10.1. The summed E-state index contributed by atoms with van der Waals surface area (Å²) in [5.74, 6) is 1.21. The first-order valence-electron chi connectivity index (χ1n) is 7.01. The van der Waals surface area contributed by atoms with Crippen molar-refractivity contribution in [2.24, 2.45) is 0 Å². The Morgan fingerprint density at radius 3 is 2.73 bits per heavy atom. The summed E-state index contributed by atoms with van der Waals surface area (Å²) in [5.41, 5.74) is 2.92. The first-order chi connectivity index (χ1) is 10.6. The molecule has 1 N–H and O–H groups in total. The summed E-state index contributed by atoms with van der Waals surface area (Å²) < 4.78 is 10.3. The van der Waals surface area contributed by atoms with Crippen molar-refractivity contribution in [3.05, 3.63) is 53.2 Å². The van der Waals surface area contributed by atoms with Crippen LogP contribution in [0.5, 0.6) is 11.6 Å². The molecule has 1 heterocycles. The fraction of sp³-hybridized carbons (Fsp3) is 0.294. The second kappa shape index (κ2) is 7.45. The molecule has 1 amide bonds. The molecule has 0 bridgehead atoms. The predicted octanol–water partition coefficient (Wildman–Crippen LogP) is 2.27. The van der Waals surface area contributed by atoms with Gasteiger partial charge in [-0.05, 0) is 24.6 Å². The number of hydrogen-bond donors (Lipinski definition) is 1. The monoisotopic (exact) mass is 300 g/mol. The molecule has 0 aliphatic heterocycles. The van der Waals surface area contributed by atoms with E-state index >= 15 is 0 Å². The van der Waals surface area contributed by atoms with Crippen LogP contribution in [0.1, 0.15) is 16.7 Å². The highest BCUT2D eigenvalue weighted by atomic mass is 16.5. The summed E-state index contributed by atoms with van der Waals surface area (Å²) in [6, 6.07) is 9.45. The molecule has 1 aromatic heterocycles. The minimum absolute atomic E-state index is 0.0559. The van der Waals surface area contributed by atoms with E-state index in [-0.39, 0.29) is 12.3 Å². The average Bonchev–Trinajstić information content (AvgIpc) is 2.53. The van der Waals surface area contributed by atoms with Crippen LogP contribution >= 0.6 is 0 Å². The van der Waals surface area contributed by atoms with Crippen LogP contribution in [0.15, 0.2) is 36.5 Å². The third-order valence-electron chi connectivity index (χ3n) is 3.28. The number of carbonyl (C=O) groups is 1. The fourth-order valence-electron chi connectivity index (χ4n) is 2.15. The van der Waals surface area contributed by atoms with Gasteiger partial charge in [0, 0.05) is 24.4 Å². The van der Waals surface area contributed by atoms with Gasteiger partial charge in [0.15, 0.2) is 0 Å². The minimum Gasteiger partial charge on any atom is -0.496 e. The lowest BCUT2D eigenvalue weighted by Crippen LogP contribution is -2.24. The van der Waals surface area contributed by atoms with Crippen LogP contribution in [0.4, 0.5) is 0 Å². The minimum atomic E-state index is -0.0559. The van der Waals surface area contributed by atoms with Gasteiger partial charge in [-0.25, -0.2) is 4.98 Å². The number of amides is 1. The zero-order chi connectivity index (χ0) is 15.9. The van der Waals surface area contributed by atoms with Gasteiger partial charge in [0.2, 0.25) is 11.8 Å². The van der Waals surface area contributed by atoms with Gasteiger partial charge in [0.05, 0.1) is 20.6 Å². The van der Waals surface area contributed by atoms with E-state index in [1.165, 1.54) is 0 Å². The zero-order valence-corrected chi connectivity index (χ0v) is 13.1. The van der Waals surface area contributed by atoms with Crippen molar-refractivity contribution in [2.75, 3.05) is 14.2 Å². The number of aryl methyl sites for hydroxylation is 1. The molecule has 22 heavy (non-hydrogen) atoms. The van der Waals surface area contributed by atoms with Crippen molar-refractivity contribution in [2.45, 2.75) is 19.9 Å². The Morgan fingerprint density at radius 1 is 1.18 bits per heavy atom. The summed E-state index contributed by atoms with van der Waals surface area (Å²) in [5, 5.41) is 2.89. The van der Waals surface area contributed by atoms with Gasteiger partial charge in [-0.15, -0.1) is 0 Å². The van der Waals surface area contributed by atoms with Crippen LogP contribution in [0.25, 0.3) is 0 Å². The Balaban J connectivity index is 1.97. The summed E-state index contributed by atoms with van der Waals surface area (Å²) in [6.45, 7) is 2.43. The SMILES string of the molecule is COc1cc(CNC(=O)Cc2cc(C)ccc2OC)ccn1. The quantitative estimate of drug-likeness (QED) is 0.889. The zero-order valence-electron chi connectivity index (χ0n) is 13.1. The summed E-state index contributed by atoms with van der Waals surface area (Å²) in [7, 11) is 3.17. The van der Waals surface area contributed by atoms with Crippen LogP contribution in [-0.4, -0.2) is 25.1 Å². The maximum Gasteiger partial charge on any atom is 0.224 e. The van der Waals surface area contributed by atoms with E-state index < -0.39 is 0 Å². The van der Waals surface area contributed by atoms with Crippen LogP contribution in [0.2, 0.25) is 0 Å². The Kier molecular flexibility index (Phi) is 5.36. The lowest BCUT2D eigenvalue weighted by atomic mass is 10.1. The third kappa shape index (κ3) is 4.22. The number of rotatable bonds is 6. The molecule has 0 aliphatic rings. The van der Waals surface area contributed by atoms with E-state index in [4.69, 9.17) is 9.47 Å². The lowest BCUT2D eigenvalue weighted by Gasteiger charge is -2.10. The molecule has 0 fully saturated rings. The molecule has 2 aromatic rings. The van der Waals surface area contributed by atoms with E-state index in [0.29, 0.717) is 12.4 Å². The first kappa shape index (κ1) is 15.8. The van der Waals surface area contributed by atoms with Crippen LogP contribution < -0.4 is 14.8 Å². The van der Waals surface area contributed by atoms with E-state index in [1.54, 1.807) is 26.5 Å². The number of benzene rings is 1. The van der Waals surface area contributed by atoms with Gasteiger partial charge in [-0.3, -0.25) is 4.79 Å². The number of carbonyl (C=O) groups excluding carboxylic acids is 1. The fourth-order valence-corrected chi connectivity index (χ4v) is 2.15. The number of aromatic nitrogens is 1. The van der Waals surface area contributed by atoms with Crippen molar-refractivity contribution >= 4 is 5.91 Å². The van der Waals surface area contributed by atoms with Crippen molar-refractivity contribution in [1.29, 1.82) is 0 Å². The van der Waals surface area contributed by atoms with Crippen LogP contribution in [0.3, 0.4) is 0 Å². The molecular weight excluding hydrogens is 280 g/mol. The Bertz CT molecular complexity index is 656. The molecule has 0 atom stereocenters. The molecule has 0 saturated carbocycles. The molecule has 0 aliphatic carbocycles. The smallest absolute Gasteiger partial charge is 0.224 e. The summed E-state index contributed by atoms with van der Waals surface area (Å²) >= 11 is 0. The highest BCUT2D eigenvalue weighted by Crippen LogP contribution is 2.20. The average molecular weight is 300 g/mol. The molecule has 0 saturated heterocycles. The molecule has 0 spiro atoms. The molecule has 5 heteroatoms. The predicted molar refractivity (Wildman–Crippen MR) is 84.1 cm³/mol. The van der Waals surface area contributed by atoms with Gasteiger partial charge < -0.3 is 14.8 Å². The number of ether oxygens (including phenoxy) is 2. The van der Waals surface area contributed by atoms with Crippen LogP contribution in [0, 0.1) is 6.92 Å². The Labute approximate surface area is 130 Å².